The van der Waals surface area contributed by atoms with E-state index in [-0.39, 0.29) is 5.56 Å². The van der Waals surface area contributed by atoms with Gasteiger partial charge in [0.2, 0.25) is 5.88 Å². The molecule has 0 saturated heterocycles. The zero-order chi connectivity index (χ0) is 22.8. The summed E-state index contributed by atoms with van der Waals surface area (Å²) in [6.07, 6.45) is 5.29. The molecule has 0 radical (unpaired) electrons. The summed E-state index contributed by atoms with van der Waals surface area (Å²) in [6, 6.07) is 5.63. The highest BCUT2D eigenvalue weighted by molar-refractivity contribution is 5.78. The molecule has 0 saturated carbocycles. The van der Waals surface area contributed by atoms with Gasteiger partial charge in [-0.25, -0.2) is 15.0 Å². The van der Waals surface area contributed by atoms with Crippen LogP contribution in [-0.4, -0.2) is 59.5 Å². The number of hydrogen-bond donors (Lipinski definition) is 2. The molecule has 0 atom stereocenters. The van der Waals surface area contributed by atoms with E-state index in [9.17, 15) is 4.79 Å². The fourth-order valence-corrected chi connectivity index (χ4v) is 3.29. The Bertz CT molecular complexity index is 1050. The zero-order valence-corrected chi connectivity index (χ0v) is 19.1. The molecule has 0 aliphatic rings. The standard InChI is InChI=1S/C23H32N6O3/c1-4-12-32-13-11-29-19-14-18(17-7-8-20(31-3)26-15-17)16-27-21(19)28-22(23(29)30)25-10-6-9-24-5-2/h7-8,14-16,24H,4-6,9-13H2,1-3H3,(H,25,27,28). The highest BCUT2D eigenvalue weighted by Gasteiger charge is 2.13. The summed E-state index contributed by atoms with van der Waals surface area (Å²) >= 11 is 0. The molecule has 3 heterocycles. The van der Waals surface area contributed by atoms with Crippen LogP contribution in [0.5, 0.6) is 5.88 Å². The smallest absolute Gasteiger partial charge is 0.293 e. The van der Waals surface area contributed by atoms with Crippen LogP contribution in [0.4, 0.5) is 5.82 Å². The van der Waals surface area contributed by atoms with Crippen molar-refractivity contribution in [3.8, 4) is 17.0 Å². The number of hydrogen-bond acceptors (Lipinski definition) is 8. The maximum Gasteiger partial charge on any atom is 0.293 e. The molecule has 172 valence electrons. The molecule has 0 bridgehead atoms. The highest BCUT2D eigenvalue weighted by atomic mass is 16.5. The number of ether oxygens (including phenoxy) is 2. The third kappa shape index (κ3) is 6.02. The molecule has 0 aromatic carbocycles. The fourth-order valence-electron chi connectivity index (χ4n) is 3.29. The van der Waals surface area contributed by atoms with Gasteiger partial charge in [0.05, 0.1) is 19.2 Å². The summed E-state index contributed by atoms with van der Waals surface area (Å²) in [5.41, 5.74) is 2.74. The van der Waals surface area contributed by atoms with Gasteiger partial charge >= 0.3 is 0 Å². The number of pyridine rings is 2. The predicted molar refractivity (Wildman–Crippen MR) is 126 cm³/mol. The van der Waals surface area contributed by atoms with Crippen molar-refractivity contribution in [2.45, 2.75) is 33.2 Å². The van der Waals surface area contributed by atoms with Crippen molar-refractivity contribution in [1.82, 2.24) is 24.8 Å². The molecule has 9 heteroatoms. The second-order valence-corrected chi connectivity index (χ2v) is 7.32. The SMILES string of the molecule is CCCOCCn1c(=O)c(NCCCNCC)nc2ncc(-c3ccc(OC)nc3)cc21. The lowest BCUT2D eigenvalue weighted by molar-refractivity contribution is 0.127. The van der Waals surface area contributed by atoms with Gasteiger partial charge in [0.25, 0.3) is 5.56 Å². The van der Waals surface area contributed by atoms with Crippen LogP contribution in [0, 0.1) is 0 Å². The maximum absolute atomic E-state index is 13.2. The number of nitrogens with one attached hydrogen (secondary N) is 2. The first-order valence-electron chi connectivity index (χ1n) is 11.1. The lowest BCUT2D eigenvalue weighted by Gasteiger charge is -2.14. The van der Waals surface area contributed by atoms with Gasteiger partial charge in [0.1, 0.15) is 0 Å². The fraction of sp³-hybridized carbons (Fsp3) is 0.478. The van der Waals surface area contributed by atoms with Crippen molar-refractivity contribution in [2.24, 2.45) is 0 Å². The lowest BCUT2D eigenvalue weighted by atomic mass is 10.1. The average molecular weight is 441 g/mol. The number of fused-ring (bicyclic) bond motifs is 1. The highest BCUT2D eigenvalue weighted by Crippen LogP contribution is 2.23. The Hall–Kier alpha value is -3.04. The van der Waals surface area contributed by atoms with E-state index in [2.05, 4.69) is 39.4 Å². The van der Waals surface area contributed by atoms with E-state index in [1.54, 1.807) is 30.1 Å². The minimum Gasteiger partial charge on any atom is -0.481 e. The van der Waals surface area contributed by atoms with Gasteiger partial charge in [-0.05, 0) is 38.1 Å². The molecule has 3 aromatic heterocycles. The van der Waals surface area contributed by atoms with Gasteiger partial charge in [0, 0.05) is 49.3 Å². The average Bonchev–Trinajstić information content (AvgIpc) is 2.83. The van der Waals surface area contributed by atoms with E-state index in [0.717, 1.165) is 37.1 Å². The van der Waals surface area contributed by atoms with Gasteiger partial charge in [-0.3, -0.25) is 9.36 Å². The van der Waals surface area contributed by atoms with E-state index in [1.165, 1.54) is 0 Å². The molecule has 0 aliphatic carbocycles. The topological polar surface area (TPSA) is 103 Å². The van der Waals surface area contributed by atoms with E-state index in [1.807, 2.05) is 12.1 Å². The Kier molecular flexibility index (Phi) is 8.94. The Balaban J connectivity index is 1.93. The first-order chi connectivity index (χ1) is 15.7. The van der Waals surface area contributed by atoms with Crippen LogP contribution < -0.4 is 20.9 Å². The number of anilines is 1. The predicted octanol–water partition coefficient (Wildman–Crippen LogP) is 2.70. The van der Waals surface area contributed by atoms with Crippen molar-refractivity contribution >= 4 is 17.0 Å². The molecule has 3 aromatic rings. The second-order valence-electron chi connectivity index (χ2n) is 7.32. The van der Waals surface area contributed by atoms with E-state index in [0.29, 0.717) is 49.2 Å². The molecular formula is C23H32N6O3. The number of rotatable bonds is 13. The summed E-state index contributed by atoms with van der Waals surface area (Å²) in [6.45, 7) is 8.12. The summed E-state index contributed by atoms with van der Waals surface area (Å²) in [7, 11) is 1.58. The quantitative estimate of drug-likeness (QED) is 0.391. The molecule has 0 spiro atoms. The van der Waals surface area contributed by atoms with Gasteiger partial charge in [-0.15, -0.1) is 0 Å². The zero-order valence-electron chi connectivity index (χ0n) is 19.1. The lowest BCUT2D eigenvalue weighted by Crippen LogP contribution is -2.28. The van der Waals surface area contributed by atoms with E-state index in [4.69, 9.17) is 9.47 Å². The summed E-state index contributed by atoms with van der Waals surface area (Å²) < 4.78 is 12.5. The molecule has 2 N–H and O–H groups in total. The van der Waals surface area contributed by atoms with E-state index < -0.39 is 0 Å². The normalized spacial score (nSPS) is 11.1. The molecule has 0 fully saturated rings. The Morgan fingerprint density at radius 1 is 1.06 bits per heavy atom. The summed E-state index contributed by atoms with van der Waals surface area (Å²) in [5.74, 6) is 0.856. The number of aromatic nitrogens is 4. The third-order valence-corrected chi connectivity index (χ3v) is 4.96. The van der Waals surface area contributed by atoms with Crippen molar-refractivity contribution < 1.29 is 9.47 Å². The van der Waals surface area contributed by atoms with Crippen LogP contribution in [0.1, 0.15) is 26.7 Å². The minimum absolute atomic E-state index is 0.173. The Morgan fingerprint density at radius 2 is 1.91 bits per heavy atom. The van der Waals surface area contributed by atoms with Gasteiger partial charge < -0.3 is 20.1 Å². The third-order valence-electron chi connectivity index (χ3n) is 4.96. The summed E-state index contributed by atoms with van der Waals surface area (Å²) in [4.78, 5) is 26.5. The molecule has 0 amide bonds. The van der Waals surface area contributed by atoms with Gasteiger partial charge in [-0.1, -0.05) is 13.8 Å². The monoisotopic (exact) mass is 440 g/mol. The van der Waals surface area contributed by atoms with Crippen LogP contribution in [0.2, 0.25) is 0 Å². The molecule has 0 unspecified atom stereocenters. The van der Waals surface area contributed by atoms with E-state index >= 15 is 0 Å². The van der Waals surface area contributed by atoms with Crippen LogP contribution in [0.3, 0.4) is 0 Å². The van der Waals surface area contributed by atoms with Gasteiger partial charge in [0.15, 0.2) is 11.5 Å². The second kappa shape index (κ2) is 12.1. The van der Waals surface area contributed by atoms with Crippen LogP contribution in [0.15, 0.2) is 35.4 Å². The summed E-state index contributed by atoms with van der Waals surface area (Å²) in [5, 5.41) is 6.45. The number of nitrogens with zero attached hydrogens (tertiary/aromatic N) is 4. The van der Waals surface area contributed by atoms with Gasteiger partial charge in [-0.2, -0.15) is 0 Å². The molecule has 32 heavy (non-hydrogen) atoms. The molecular weight excluding hydrogens is 408 g/mol. The first kappa shape index (κ1) is 23.6. The Morgan fingerprint density at radius 3 is 2.62 bits per heavy atom. The van der Waals surface area contributed by atoms with Crippen molar-refractivity contribution in [3.63, 3.8) is 0 Å². The van der Waals surface area contributed by atoms with Crippen LogP contribution in [0.25, 0.3) is 22.3 Å². The molecule has 3 rings (SSSR count). The number of methoxy groups -OCH3 is 1. The van der Waals surface area contributed by atoms with Crippen molar-refractivity contribution in [2.75, 3.05) is 45.3 Å². The first-order valence-corrected chi connectivity index (χ1v) is 11.1. The maximum atomic E-state index is 13.2. The van der Waals surface area contributed by atoms with Crippen molar-refractivity contribution in [3.05, 3.63) is 40.9 Å². The van der Waals surface area contributed by atoms with Crippen LogP contribution in [-0.2, 0) is 11.3 Å². The Labute approximate surface area is 188 Å². The largest absolute Gasteiger partial charge is 0.481 e. The molecule has 0 aliphatic heterocycles. The molecule has 9 nitrogen and oxygen atoms in total. The van der Waals surface area contributed by atoms with Crippen LogP contribution >= 0.6 is 0 Å². The van der Waals surface area contributed by atoms with Crippen molar-refractivity contribution in [1.29, 1.82) is 0 Å². The minimum atomic E-state index is -0.173.